The summed E-state index contributed by atoms with van der Waals surface area (Å²) in [7, 11) is 0. The van der Waals surface area contributed by atoms with Crippen molar-refractivity contribution in [2.75, 3.05) is 0 Å². The highest BCUT2D eigenvalue weighted by Gasteiger charge is 2.63. The normalized spacial score (nSPS) is 61.2. The van der Waals surface area contributed by atoms with Gasteiger partial charge in [0.1, 0.15) is 0 Å². The first-order valence-corrected chi connectivity index (χ1v) is 9.68. The molecule has 0 radical (unpaired) electrons. The van der Waals surface area contributed by atoms with Gasteiger partial charge in [-0.1, -0.05) is 13.8 Å². The molecule has 3 unspecified atom stereocenters. The molecule has 126 valence electrons. The van der Waals surface area contributed by atoms with E-state index < -0.39 is 5.60 Å². The lowest BCUT2D eigenvalue weighted by atomic mass is 9.44. The average Bonchev–Trinajstić information content (AvgIpc) is 2.70. The van der Waals surface area contributed by atoms with Crippen molar-refractivity contribution in [3.05, 3.63) is 0 Å². The topological polar surface area (TPSA) is 40.5 Å². The standard InChI is InChI=1S/C20H34O2/c1-18-9-6-14(21)12-13(18)4-5-15-16(18)7-10-19(2)17(15)8-11-20(19,3)22/h13-17,21-22H,4-12H2,1-3H3/t13?,14?,15-,16-,17+,18+,19+,20?/m1/s1. The molecule has 22 heavy (non-hydrogen) atoms. The quantitative estimate of drug-likeness (QED) is 0.706. The summed E-state index contributed by atoms with van der Waals surface area (Å²) in [5.41, 5.74) is 0.145. The monoisotopic (exact) mass is 306 g/mol. The number of aliphatic hydroxyl groups is 2. The zero-order valence-corrected chi connectivity index (χ0v) is 14.6. The van der Waals surface area contributed by atoms with Crippen molar-refractivity contribution < 1.29 is 10.2 Å². The zero-order chi connectivity index (χ0) is 15.8. The minimum Gasteiger partial charge on any atom is -0.393 e. The molecule has 4 saturated carbocycles. The first-order chi connectivity index (χ1) is 10.3. The Bertz CT molecular complexity index is 459. The number of hydrogen-bond acceptors (Lipinski definition) is 2. The molecule has 2 N–H and O–H groups in total. The molecule has 0 aromatic heterocycles. The minimum atomic E-state index is -0.455. The molecule has 2 nitrogen and oxygen atoms in total. The Balaban J connectivity index is 1.64. The number of rotatable bonds is 0. The minimum absolute atomic E-state index is 0.0457. The molecule has 0 bridgehead atoms. The summed E-state index contributed by atoms with van der Waals surface area (Å²) in [6.07, 6.45) is 10.6. The van der Waals surface area contributed by atoms with Crippen LogP contribution in [-0.2, 0) is 0 Å². The van der Waals surface area contributed by atoms with Gasteiger partial charge in [-0.25, -0.2) is 0 Å². The molecule has 0 saturated heterocycles. The maximum atomic E-state index is 10.9. The van der Waals surface area contributed by atoms with E-state index in [2.05, 4.69) is 20.8 Å². The summed E-state index contributed by atoms with van der Waals surface area (Å²) in [5.74, 6) is 3.13. The smallest absolute Gasteiger partial charge is 0.0675 e. The molecular weight excluding hydrogens is 272 g/mol. The van der Waals surface area contributed by atoms with Crippen LogP contribution in [0.15, 0.2) is 0 Å². The second kappa shape index (κ2) is 4.72. The van der Waals surface area contributed by atoms with Crippen molar-refractivity contribution in [3.8, 4) is 0 Å². The van der Waals surface area contributed by atoms with Crippen molar-refractivity contribution in [2.45, 2.75) is 90.3 Å². The Hall–Kier alpha value is -0.0800. The maximum absolute atomic E-state index is 10.9. The van der Waals surface area contributed by atoms with Crippen LogP contribution < -0.4 is 0 Å². The van der Waals surface area contributed by atoms with E-state index in [-0.39, 0.29) is 11.5 Å². The van der Waals surface area contributed by atoms with Crippen LogP contribution in [0, 0.1) is 34.5 Å². The average molecular weight is 306 g/mol. The molecular formula is C20H34O2. The van der Waals surface area contributed by atoms with E-state index in [1.807, 2.05) is 0 Å². The van der Waals surface area contributed by atoms with E-state index in [0.29, 0.717) is 5.41 Å². The summed E-state index contributed by atoms with van der Waals surface area (Å²) in [4.78, 5) is 0. The van der Waals surface area contributed by atoms with E-state index in [0.717, 1.165) is 42.9 Å². The lowest BCUT2D eigenvalue weighted by Crippen LogP contribution is -2.56. The van der Waals surface area contributed by atoms with Gasteiger partial charge < -0.3 is 10.2 Å². The number of aliphatic hydroxyl groups excluding tert-OH is 1. The van der Waals surface area contributed by atoms with E-state index in [9.17, 15) is 10.2 Å². The second-order valence-corrected chi connectivity index (χ2v) is 9.85. The third kappa shape index (κ3) is 1.86. The van der Waals surface area contributed by atoms with Crippen molar-refractivity contribution in [2.24, 2.45) is 34.5 Å². The van der Waals surface area contributed by atoms with Gasteiger partial charge in [0.05, 0.1) is 11.7 Å². The van der Waals surface area contributed by atoms with Crippen molar-refractivity contribution in [1.82, 2.24) is 0 Å². The Morgan fingerprint density at radius 1 is 0.818 bits per heavy atom. The third-order valence-corrected chi connectivity index (χ3v) is 9.20. The summed E-state index contributed by atoms with van der Waals surface area (Å²) < 4.78 is 0. The highest BCUT2D eigenvalue weighted by molar-refractivity contribution is 5.12. The summed E-state index contributed by atoms with van der Waals surface area (Å²) in [5, 5.41) is 21.0. The Morgan fingerprint density at radius 3 is 2.32 bits per heavy atom. The van der Waals surface area contributed by atoms with Crippen LogP contribution in [0.2, 0.25) is 0 Å². The zero-order valence-electron chi connectivity index (χ0n) is 14.6. The van der Waals surface area contributed by atoms with Gasteiger partial charge >= 0.3 is 0 Å². The summed E-state index contributed by atoms with van der Waals surface area (Å²) in [6.45, 7) is 7.01. The summed E-state index contributed by atoms with van der Waals surface area (Å²) >= 11 is 0. The highest BCUT2D eigenvalue weighted by Crippen LogP contribution is 2.68. The first kappa shape index (κ1) is 15.4. The van der Waals surface area contributed by atoms with Crippen LogP contribution >= 0.6 is 0 Å². The van der Waals surface area contributed by atoms with E-state index in [1.54, 1.807) is 0 Å². The maximum Gasteiger partial charge on any atom is 0.0675 e. The molecule has 0 aromatic rings. The molecule has 0 aliphatic heterocycles. The SMILES string of the molecule is CC1(O)CC[C@H]2[C@@H]3CCC4CC(O)CC[C@]4(C)[C@@H]3CC[C@@]21C. The molecule has 0 amide bonds. The van der Waals surface area contributed by atoms with E-state index in [1.165, 1.54) is 38.5 Å². The van der Waals surface area contributed by atoms with Crippen LogP contribution in [0.4, 0.5) is 0 Å². The van der Waals surface area contributed by atoms with Crippen molar-refractivity contribution in [3.63, 3.8) is 0 Å². The van der Waals surface area contributed by atoms with Crippen LogP contribution in [-0.4, -0.2) is 21.9 Å². The van der Waals surface area contributed by atoms with Gasteiger partial charge in [-0.3, -0.25) is 0 Å². The predicted octanol–water partition coefficient (Wildman–Crippen LogP) is 4.14. The molecule has 4 fully saturated rings. The van der Waals surface area contributed by atoms with Crippen LogP contribution in [0.3, 0.4) is 0 Å². The first-order valence-electron chi connectivity index (χ1n) is 9.68. The van der Waals surface area contributed by atoms with Crippen LogP contribution in [0.5, 0.6) is 0 Å². The van der Waals surface area contributed by atoms with Gasteiger partial charge in [0.15, 0.2) is 0 Å². The number of hydrogen-bond donors (Lipinski definition) is 2. The van der Waals surface area contributed by atoms with Gasteiger partial charge in [0, 0.05) is 0 Å². The Kier molecular flexibility index (Phi) is 3.32. The fraction of sp³-hybridized carbons (Fsp3) is 1.00. The van der Waals surface area contributed by atoms with Gasteiger partial charge in [-0.15, -0.1) is 0 Å². The van der Waals surface area contributed by atoms with Crippen LogP contribution in [0.25, 0.3) is 0 Å². The molecule has 0 aromatic carbocycles. The Labute approximate surface area is 135 Å². The largest absolute Gasteiger partial charge is 0.393 e. The fourth-order valence-corrected chi connectivity index (χ4v) is 7.48. The van der Waals surface area contributed by atoms with Gasteiger partial charge in [0.2, 0.25) is 0 Å². The number of fused-ring (bicyclic) bond motifs is 5. The van der Waals surface area contributed by atoms with E-state index >= 15 is 0 Å². The highest BCUT2D eigenvalue weighted by atomic mass is 16.3. The molecule has 4 aliphatic carbocycles. The lowest BCUT2D eigenvalue weighted by molar-refractivity contribution is -0.153. The Morgan fingerprint density at radius 2 is 1.55 bits per heavy atom. The van der Waals surface area contributed by atoms with Crippen molar-refractivity contribution in [1.29, 1.82) is 0 Å². The predicted molar refractivity (Wildman–Crippen MR) is 88.4 cm³/mol. The molecule has 8 atom stereocenters. The lowest BCUT2D eigenvalue weighted by Gasteiger charge is -2.61. The van der Waals surface area contributed by atoms with Gasteiger partial charge in [-0.05, 0) is 99.2 Å². The molecule has 4 rings (SSSR count). The van der Waals surface area contributed by atoms with Crippen LogP contribution in [0.1, 0.15) is 78.6 Å². The second-order valence-electron chi connectivity index (χ2n) is 9.85. The van der Waals surface area contributed by atoms with Gasteiger partial charge in [-0.2, -0.15) is 0 Å². The van der Waals surface area contributed by atoms with Crippen molar-refractivity contribution >= 4 is 0 Å². The summed E-state index contributed by atoms with van der Waals surface area (Å²) in [6, 6.07) is 0. The molecule has 4 aliphatic rings. The molecule has 0 heterocycles. The van der Waals surface area contributed by atoms with E-state index in [4.69, 9.17) is 0 Å². The fourth-order valence-electron chi connectivity index (χ4n) is 7.48. The third-order valence-electron chi connectivity index (χ3n) is 9.20. The molecule has 2 heteroatoms. The molecule has 0 spiro atoms. The van der Waals surface area contributed by atoms with Gasteiger partial charge in [0.25, 0.3) is 0 Å².